The number of thioether (sulfide) groups is 1. The van der Waals surface area contributed by atoms with Gasteiger partial charge in [0.15, 0.2) is 0 Å². The highest BCUT2D eigenvalue weighted by molar-refractivity contribution is 8.00. The van der Waals surface area contributed by atoms with Crippen LogP contribution in [0, 0.1) is 0 Å². The Bertz CT molecular complexity index is 498. The van der Waals surface area contributed by atoms with Crippen LogP contribution in [0.5, 0.6) is 0 Å². The summed E-state index contributed by atoms with van der Waals surface area (Å²) in [6.07, 6.45) is -1.97. The second-order valence-corrected chi connectivity index (χ2v) is 5.48. The smallest absolute Gasteiger partial charge is 0.257 e. The molecule has 3 rings (SSSR count). The van der Waals surface area contributed by atoms with Gasteiger partial charge in [-0.1, -0.05) is 11.8 Å². The summed E-state index contributed by atoms with van der Waals surface area (Å²) in [6, 6.07) is 3.33. The molecule has 0 bridgehead atoms. The molecule has 1 fully saturated rings. The lowest BCUT2D eigenvalue weighted by atomic mass is 10.0. The van der Waals surface area contributed by atoms with E-state index in [0.717, 1.165) is 0 Å². The van der Waals surface area contributed by atoms with Gasteiger partial charge in [-0.15, -0.1) is 0 Å². The van der Waals surface area contributed by atoms with E-state index in [-0.39, 0.29) is 12.5 Å². The number of aliphatic hydroxyl groups is 3. The molecule has 0 unspecified atom stereocenters. The molecule has 18 heavy (non-hydrogen) atoms. The van der Waals surface area contributed by atoms with Gasteiger partial charge in [-0.2, -0.15) is 0 Å². The predicted molar refractivity (Wildman–Crippen MR) is 62.9 cm³/mol. The van der Waals surface area contributed by atoms with Crippen LogP contribution in [-0.4, -0.2) is 61.3 Å². The molecule has 3 heterocycles. The van der Waals surface area contributed by atoms with Gasteiger partial charge in [0.05, 0.1) is 12.1 Å². The molecule has 2 aliphatic heterocycles. The highest BCUT2D eigenvalue weighted by Crippen LogP contribution is 2.38. The summed E-state index contributed by atoms with van der Waals surface area (Å²) in [4.78, 5) is 17.7. The Balaban J connectivity index is 2.01. The summed E-state index contributed by atoms with van der Waals surface area (Å²) in [6.45, 7) is 0.0169. The zero-order valence-corrected chi connectivity index (χ0v) is 10.1. The summed E-state index contributed by atoms with van der Waals surface area (Å²) >= 11 is 1.23. The molecular formula is C11H12N2O4S. The molecule has 6 nitrogen and oxygen atoms in total. The van der Waals surface area contributed by atoms with Gasteiger partial charge in [-0.25, -0.2) is 4.98 Å². The first-order chi connectivity index (χ1) is 8.59. The van der Waals surface area contributed by atoms with Crippen molar-refractivity contribution in [2.24, 2.45) is 0 Å². The van der Waals surface area contributed by atoms with Crippen LogP contribution in [0.15, 0.2) is 23.4 Å². The van der Waals surface area contributed by atoms with Gasteiger partial charge in [-0.3, -0.25) is 4.79 Å². The second kappa shape index (κ2) is 4.20. The summed E-state index contributed by atoms with van der Waals surface area (Å²) in [5.41, 5.74) is 0.467. The maximum Gasteiger partial charge on any atom is 0.257 e. The fourth-order valence-corrected chi connectivity index (χ4v) is 3.48. The van der Waals surface area contributed by atoms with Gasteiger partial charge in [0, 0.05) is 6.20 Å². The molecule has 2 aliphatic rings. The number of fused-ring (bicyclic) bond motifs is 2. The zero-order chi connectivity index (χ0) is 12.9. The number of aliphatic hydroxyl groups excluding tert-OH is 3. The molecular weight excluding hydrogens is 256 g/mol. The molecule has 1 amide bonds. The normalized spacial score (nSPS) is 35.1. The van der Waals surface area contributed by atoms with Crippen molar-refractivity contribution < 1.29 is 20.1 Å². The third kappa shape index (κ3) is 1.63. The van der Waals surface area contributed by atoms with E-state index in [1.807, 2.05) is 0 Å². The monoisotopic (exact) mass is 268 g/mol. The number of hydrogen-bond donors (Lipinski definition) is 3. The minimum atomic E-state index is -1.24. The Labute approximate surface area is 107 Å². The lowest BCUT2D eigenvalue weighted by Crippen LogP contribution is -2.62. The Kier molecular flexibility index (Phi) is 2.78. The van der Waals surface area contributed by atoms with Crippen LogP contribution in [0.2, 0.25) is 0 Å². The van der Waals surface area contributed by atoms with Gasteiger partial charge in [-0.05, 0) is 12.1 Å². The van der Waals surface area contributed by atoms with Crippen LogP contribution in [0.4, 0.5) is 0 Å². The predicted octanol–water partition coefficient (Wildman–Crippen LogP) is -0.948. The lowest BCUT2D eigenvalue weighted by molar-refractivity contribution is -0.109. The molecule has 0 spiro atoms. The van der Waals surface area contributed by atoms with Crippen molar-refractivity contribution >= 4 is 17.7 Å². The minimum absolute atomic E-state index is 0.0169. The van der Waals surface area contributed by atoms with Crippen molar-refractivity contribution in [3.05, 3.63) is 23.9 Å². The Morgan fingerprint density at radius 2 is 2.11 bits per heavy atom. The fourth-order valence-electron chi connectivity index (χ4n) is 2.24. The third-order valence-corrected chi connectivity index (χ3v) is 4.55. The molecule has 0 radical (unpaired) electrons. The summed E-state index contributed by atoms with van der Waals surface area (Å²) in [5.74, 6) is -0.271. The first-order valence-corrected chi connectivity index (χ1v) is 6.44. The number of aromatic nitrogens is 1. The number of pyridine rings is 1. The van der Waals surface area contributed by atoms with E-state index >= 15 is 0 Å². The third-order valence-electron chi connectivity index (χ3n) is 3.22. The SMILES string of the molecule is O=C1c2cccnc2S[C@H]2[C@@H](O)[C@@H](O)[C@H](O)CN12. The largest absolute Gasteiger partial charge is 0.388 e. The van der Waals surface area contributed by atoms with Gasteiger partial charge in [0.1, 0.15) is 28.7 Å². The summed E-state index contributed by atoms with van der Waals surface area (Å²) in [7, 11) is 0. The molecule has 1 aromatic rings. The summed E-state index contributed by atoms with van der Waals surface area (Å²) < 4.78 is 0. The maximum absolute atomic E-state index is 12.2. The zero-order valence-electron chi connectivity index (χ0n) is 9.30. The molecule has 0 aliphatic carbocycles. The molecule has 7 heteroatoms. The molecule has 96 valence electrons. The van der Waals surface area contributed by atoms with Crippen LogP contribution in [-0.2, 0) is 0 Å². The van der Waals surface area contributed by atoms with Crippen molar-refractivity contribution in [1.82, 2.24) is 9.88 Å². The molecule has 1 saturated heterocycles. The van der Waals surface area contributed by atoms with E-state index < -0.39 is 23.7 Å². The lowest BCUT2D eigenvalue weighted by Gasteiger charge is -2.45. The molecule has 0 saturated carbocycles. The van der Waals surface area contributed by atoms with Crippen LogP contribution in [0.25, 0.3) is 0 Å². The minimum Gasteiger partial charge on any atom is -0.388 e. The Morgan fingerprint density at radius 3 is 2.89 bits per heavy atom. The van der Waals surface area contributed by atoms with E-state index in [4.69, 9.17) is 0 Å². The topological polar surface area (TPSA) is 93.9 Å². The van der Waals surface area contributed by atoms with E-state index in [1.54, 1.807) is 18.3 Å². The molecule has 1 aromatic heterocycles. The van der Waals surface area contributed by atoms with Crippen molar-refractivity contribution in [3.63, 3.8) is 0 Å². The van der Waals surface area contributed by atoms with Gasteiger partial charge in [0.2, 0.25) is 0 Å². The van der Waals surface area contributed by atoms with E-state index in [0.29, 0.717) is 10.6 Å². The molecule has 0 aromatic carbocycles. The van der Waals surface area contributed by atoms with Crippen LogP contribution in [0.3, 0.4) is 0 Å². The Hall–Kier alpha value is -1.15. The van der Waals surface area contributed by atoms with Crippen molar-refractivity contribution in [2.75, 3.05) is 6.54 Å². The van der Waals surface area contributed by atoms with Gasteiger partial charge < -0.3 is 20.2 Å². The van der Waals surface area contributed by atoms with Crippen LogP contribution < -0.4 is 0 Å². The van der Waals surface area contributed by atoms with Crippen LogP contribution >= 0.6 is 11.8 Å². The highest BCUT2D eigenvalue weighted by Gasteiger charge is 2.47. The van der Waals surface area contributed by atoms with Gasteiger partial charge >= 0.3 is 0 Å². The van der Waals surface area contributed by atoms with Crippen molar-refractivity contribution in [3.8, 4) is 0 Å². The average molecular weight is 268 g/mol. The van der Waals surface area contributed by atoms with Gasteiger partial charge in [0.25, 0.3) is 5.91 Å². The van der Waals surface area contributed by atoms with E-state index in [9.17, 15) is 20.1 Å². The number of carbonyl (C=O) groups is 1. The fraction of sp³-hybridized carbons (Fsp3) is 0.455. The number of piperidine rings is 1. The number of rotatable bonds is 0. The molecule has 4 atom stereocenters. The number of nitrogens with zero attached hydrogens (tertiary/aromatic N) is 2. The number of hydrogen-bond acceptors (Lipinski definition) is 6. The second-order valence-electron chi connectivity index (χ2n) is 4.37. The summed E-state index contributed by atoms with van der Waals surface area (Å²) in [5, 5.41) is 29.2. The van der Waals surface area contributed by atoms with E-state index in [1.165, 1.54) is 16.7 Å². The first kappa shape index (κ1) is 11.9. The van der Waals surface area contributed by atoms with Crippen molar-refractivity contribution in [2.45, 2.75) is 28.7 Å². The van der Waals surface area contributed by atoms with Crippen molar-refractivity contribution in [1.29, 1.82) is 0 Å². The standard InChI is InChI=1S/C11H12N2O4S/c14-6-4-13-10(17)5-2-1-3-12-9(5)18-11(13)8(16)7(6)15/h1-3,6-8,11,14-16H,4H2/t6-,7+,8+,11+/m1/s1. The number of carbonyl (C=O) groups excluding carboxylic acids is 1. The highest BCUT2D eigenvalue weighted by atomic mass is 32.2. The first-order valence-electron chi connectivity index (χ1n) is 5.56. The van der Waals surface area contributed by atoms with E-state index in [2.05, 4.69) is 4.98 Å². The number of amides is 1. The Morgan fingerprint density at radius 1 is 1.33 bits per heavy atom. The quantitative estimate of drug-likeness (QED) is 0.562. The molecule has 3 N–H and O–H groups in total. The average Bonchev–Trinajstić information content (AvgIpc) is 2.38. The maximum atomic E-state index is 12.2. The van der Waals surface area contributed by atoms with Crippen LogP contribution in [0.1, 0.15) is 10.4 Å².